The van der Waals surface area contributed by atoms with Gasteiger partial charge in [0.2, 0.25) is 5.95 Å². The summed E-state index contributed by atoms with van der Waals surface area (Å²) in [6.45, 7) is 3.65. The zero-order valence-corrected chi connectivity index (χ0v) is 8.50. The van der Waals surface area contributed by atoms with Crippen LogP contribution in [0.25, 0.3) is 11.1 Å². The Kier molecular flexibility index (Phi) is 2.15. The van der Waals surface area contributed by atoms with E-state index in [-0.39, 0.29) is 5.82 Å². The maximum absolute atomic E-state index is 13.5. The van der Waals surface area contributed by atoms with E-state index >= 15 is 0 Å². The predicted molar refractivity (Wildman–Crippen MR) is 55.7 cm³/mol. The number of anilines is 1. The van der Waals surface area contributed by atoms with Crippen LogP contribution in [0.4, 0.5) is 10.2 Å². The van der Waals surface area contributed by atoms with Crippen LogP contribution in [0.2, 0.25) is 0 Å². The second kappa shape index (κ2) is 3.34. The third-order valence-corrected chi connectivity index (χ3v) is 2.27. The third-order valence-electron chi connectivity index (χ3n) is 2.27. The zero-order chi connectivity index (χ0) is 11.0. The molecule has 5 heteroatoms. The number of rotatable bonds is 1. The fraction of sp³-hybridized carbons (Fsp3) is 0.200. The van der Waals surface area contributed by atoms with Gasteiger partial charge >= 0.3 is 0 Å². The number of nitrogens with zero attached hydrogens (tertiary/aromatic N) is 2. The Bertz CT molecular complexity index is 485. The van der Waals surface area contributed by atoms with Crippen LogP contribution in [0.3, 0.4) is 0 Å². The molecule has 0 spiro atoms. The number of nitrogens with one attached hydrogen (secondary N) is 1. The molecular formula is C10H11FN4. The van der Waals surface area contributed by atoms with Gasteiger partial charge in [-0.3, -0.25) is 5.10 Å². The van der Waals surface area contributed by atoms with Gasteiger partial charge in [0.25, 0.3) is 0 Å². The highest BCUT2D eigenvalue weighted by Gasteiger charge is 2.14. The second-order valence-corrected chi connectivity index (χ2v) is 3.38. The summed E-state index contributed by atoms with van der Waals surface area (Å²) in [4.78, 5) is 3.58. The number of aromatic amines is 1. The van der Waals surface area contributed by atoms with Crippen molar-refractivity contribution in [2.24, 2.45) is 0 Å². The minimum Gasteiger partial charge on any atom is -0.384 e. The number of aromatic nitrogens is 3. The summed E-state index contributed by atoms with van der Waals surface area (Å²) in [5.74, 6) is -0.391. The summed E-state index contributed by atoms with van der Waals surface area (Å²) < 4.78 is 13.5. The summed E-state index contributed by atoms with van der Waals surface area (Å²) in [5, 5.41) is 6.81. The van der Waals surface area contributed by atoms with E-state index < -0.39 is 5.95 Å². The normalized spacial score (nSPS) is 10.6. The first-order valence-corrected chi connectivity index (χ1v) is 4.53. The molecule has 0 atom stereocenters. The maximum Gasteiger partial charge on any atom is 0.222 e. The number of H-pyrrole nitrogens is 1. The Labute approximate surface area is 86.3 Å². The molecule has 4 nitrogen and oxygen atoms in total. The monoisotopic (exact) mass is 206 g/mol. The molecule has 2 heterocycles. The highest BCUT2D eigenvalue weighted by molar-refractivity contribution is 5.68. The maximum atomic E-state index is 13.5. The van der Waals surface area contributed by atoms with Gasteiger partial charge < -0.3 is 5.73 Å². The van der Waals surface area contributed by atoms with Gasteiger partial charge in [-0.25, -0.2) is 4.98 Å². The predicted octanol–water partition coefficient (Wildman–Crippen LogP) is 1.81. The van der Waals surface area contributed by atoms with E-state index in [1.54, 1.807) is 12.1 Å². The van der Waals surface area contributed by atoms with Crippen LogP contribution < -0.4 is 5.73 Å². The molecule has 2 aromatic heterocycles. The van der Waals surface area contributed by atoms with Crippen LogP contribution in [0, 0.1) is 19.8 Å². The Morgan fingerprint density at radius 3 is 2.60 bits per heavy atom. The van der Waals surface area contributed by atoms with Crippen LogP contribution in [0.15, 0.2) is 12.1 Å². The van der Waals surface area contributed by atoms with Crippen LogP contribution in [-0.4, -0.2) is 15.2 Å². The average molecular weight is 206 g/mol. The molecule has 0 aliphatic rings. The van der Waals surface area contributed by atoms with E-state index in [4.69, 9.17) is 5.73 Å². The first-order chi connectivity index (χ1) is 7.09. The molecule has 2 rings (SSSR count). The van der Waals surface area contributed by atoms with Crippen LogP contribution in [0.1, 0.15) is 11.4 Å². The number of aryl methyl sites for hydroxylation is 2. The molecule has 0 aliphatic carbocycles. The van der Waals surface area contributed by atoms with Crippen molar-refractivity contribution >= 4 is 5.82 Å². The lowest BCUT2D eigenvalue weighted by Gasteiger charge is -2.03. The number of halogens is 1. The average Bonchev–Trinajstić information content (AvgIpc) is 2.48. The summed E-state index contributed by atoms with van der Waals surface area (Å²) in [5.41, 5.74) is 8.12. The minimum absolute atomic E-state index is 0.176. The zero-order valence-electron chi connectivity index (χ0n) is 8.50. The van der Waals surface area contributed by atoms with Crippen LogP contribution >= 0.6 is 0 Å². The minimum atomic E-state index is -0.567. The molecule has 2 aromatic rings. The van der Waals surface area contributed by atoms with Crippen molar-refractivity contribution in [2.45, 2.75) is 13.8 Å². The summed E-state index contributed by atoms with van der Waals surface area (Å²) >= 11 is 0. The van der Waals surface area contributed by atoms with Crippen molar-refractivity contribution in [1.29, 1.82) is 0 Å². The van der Waals surface area contributed by atoms with Gasteiger partial charge in [-0.05, 0) is 26.0 Å². The molecule has 0 bridgehead atoms. The molecule has 0 fully saturated rings. The topological polar surface area (TPSA) is 67.6 Å². The largest absolute Gasteiger partial charge is 0.384 e. The number of pyridine rings is 1. The van der Waals surface area contributed by atoms with Crippen LogP contribution in [0.5, 0.6) is 0 Å². The molecule has 3 N–H and O–H groups in total. The highest BCUT2D eigenvalue weighted by atomic mass is 19.1. The molecule has 0 unspecified atom stereocenters. The molecule has 78 valence electrons. The van der Waals surface area contributed by atoms with Gasteiger partial charge in [0, 0.05) is 16.8 Å². The van der Waals surface area contributed by atoms with E-state index in [0.717, 1.165) is 17.0 Å². The van der Waals surface area contributed by atoms with E-state index in [0.29, 0.717) is 5.56 Å². The number of nitrogens with two attached hydrogens (primary N) is 1. The van der Waals surface area contributed by atoms with Crippen molar-refractivity contribution in [3.63, 3.8) is 0 Å². The number of hydrogen-bond donors (Lipinski definition) is 2. The van der Waals surface area contributed by atoms with Crippen molar-refractivity contribution in [1.82, 2.24) is 15.2 Å². The Morgan fingerprint density at radius 1 is 1.33 bits per heavy atom. The smallest absolute Gasteiger partial charge is 0.222 e. The van der Waals surface area contributed by atoms with Crippen molar-refractivity contribution in [3.05, 3.63) is 29.5 Å². The first-order valence-electron chi connectivity index (χ1n) is 4.53. The van der Waals surface area contributed by atoms with Gasteiger partial charge in [0.05, 0.1) is 5.69 Å². The standard InChI is InChI=1S/C10H11FN4/c1-5-9(6(2)15-14-5)7-3-4-8(12)13-10(7)11/h3-4H,1-2H3,(H2,12,13)(H,14,15). The summed E-state index contributed by atoms with van der Waals surface area (Å²) in [6, 6.07) is 3.19. The highest BCUT2D eigenvalue weighted by Crippen LogP contribution is 2.27. The number of nitrogen functional groups attached to an aromatic ring is 1. The van der Waals surface area contributed by atoms with Crippen LogP contribution in [-0.2, 0) is 0 Å². The lowest BCUT2D eigenvalue weighted by atomic mass is 10.1. The Balaban J connectivity index is 2.64. The summed E-state index contributed by atoms with van der Waals surface area (Å²) in [7, 11) is 0. The molecular weight excluding hydrogens is 195 g/mol. The van der Waals surface area contributed by atoms with E-state index in [9.17, 15) is 4.39 Å². The molecule has 0 saturated carbocycles. The molecule has 0 amide bonds. The number of hydrogen-bond acceptors (Lipinski definition) is 3. The lowest BCUT2D eigenvalue weighted by Crippen LogP contribution is -1.96. The Hall–Kier alpha value is -1.91. The van der Waals surface area contributed by atoms with Gasteiger partial charge in [-0.1, -0.05) is 0 Å². The summed E-state index contributed by atoms with van der Waals surface area (Å²) in [6.07, 6.45) is 0. The molecule has 15 heavy (non-hydrogen) atoms. The SMILES string of the molecule is Cc1n[nH]c(C)c1-c1ccc(N)nc1F. The lowest BCUT2D eigenvalue weighted by molar-refractivity contribution is 0.589. The Morgan fingerprint density at radius 2 is 2.07 bits per heavy atom. The van der Waals surface area contributed by atoms with Gasteiger partial charge in [-0.2, -0.15) is 9.49 Å². The molecule has 0 saturated heterocycles. The van der Waals surface area contributed by atoms with Crippen molar-refractivity contribution in [3.8, 4) is 11.1 Å². The second-order valence-electron chi connectivity index (χ2n) is 3.38. The van der Waals surface area contributed by atoms with Crippen molar-refractivity contribution < 1.29 is 4.39 Å². The fourth-order valence-corrected chi connectivity index (χ4v) is 1.58. The quantitative estimate of drug-likeness (QED) is 0.699. The van der Waals surface area contributed by atoms with E-state index in [1.807, 2.05) is 13.8 Å². The van der Waals surface area contributed by atoms with Gasteiger partial charge in [0.1, 0.15) is 5.82 Å². The first kappa shape index (κ1) is 9.64. The fourth-order valence-electron chi connectivity index (χ4n) is 1.58. The van der Waals surface area contributed by atoms with Gasteiger partial charge in [0.15, 0.2) is 0 Å². The third kappa shape index (κ3) is 1.56. The molecule has 0 aromatic carbocycles. The van der Waals surface area contributed by atoms with Gasteiger partial charge in [-0.15, -0.1) is 0 Å². The molecule has 0 radical (unpaired) electrons. The van der Waals surface area contributed by atoms with Crippen molar-refractivity contribution in [2.75, 3.05) is 5.73 Å². The van der Waals surface area contributed by atoms with E-state index in [1.165, 1.54) is 0 Å². The molecule has 0 aliphatic heterocycles. The van der Waals surface area contributed by atoms with E-state index in [2.05, 4.69) is 15.2 Å².